The van der Waals surface area contributed by atoms with Gasteiger partial charge in [0.25, 0.3) is 0 Å². The summed E-state index contributed by atoms with van der Waals surface area (Å²) in [5.41, 5.74) is 7.59. The first-order valence-corrected chi connectivity index (χ1v) is 12.0. The highest BCUT2D eigenvalue weighted by Crippen LogP contribution is 2.34. The molecule has 4 nitrogen and oxygen atoms in total. The molecule has 0 radical (unpaired) electrons. The number of aliphatic hydroxyl groups excluding tert-OH is 1. The summed E-state index contributed by atoms with van der Waals surface area (Å²) in [4.78, 5) is 2.28. The van der Waals surface area contributed by atoms with Crippen molar-refractivity contribution < 1.29 is 9.63 Å². The van der Waals surface area contributed by atoms with E-state index in [9.17, 15) is 5.11 Å². The molecule has 1 aliphatic carbocycles. The third-order valence-electron chi connectivity index (χ3n) is 6.12. The standard InChI is InChI=1S/C31H32N2O2/c1-3-5-12-25(23-34)17-18-33-22-28(27-16-10-9-13-24(19-27)11-4-2)20-30(33)31-21-29(32-35-31)26-14-7-6-8-15-26/h3-11,13-17,20-21,34H,2,12,18-19,22-23H2,1H3/b5-3-,24-11-,25-17+,28-27-. The van der Waals surface area contributed by atoms with Gasteiger partial charge in [-0.05, 0) is 48.1 Å². The van der Waals surface area contributed by atoms with E-state index in [0.29, 0.717) is 6.54 Å². The lowest BCUT2D eigenvalue weighted by Crippen LogP contribution is -2.20. The van der Waals surface area contributed by atoms with Crippen molar-refractivity contribution in [2.24, 2.45) is 0 Å². The molecule has 2 heterocycles. The summed E-state index contributed by atoms with van der Waals surface area (Å²) >= 11 is 0. The number of hydrogen-bond donors (Lipinski definition) is 1. The molecule has 1 aromatic heterocycles. The molecule has 178 valence electrons. The molecule has 2 aromatic rings. The minimum atomic E-state index is 0.0513. The smallest absolute Gasteiger partial charge is 0.183 e. The van der Waals surface area contributed by atoms with E-state index >= 15 is 0 Å². The Hall–Kier alpha value is -3.89. The highest BCUT2D eigenvalue weighted by molar-refractivity contribution is 5.72. The number of hydrogen-bond acceptors (Lipinski definition) is 4. The lowest BCUT2D eigenvalue weighted by Gasteiger charge is -2.20. The fraction of sp³-hybridized carbons (Fsp3) is 0.194. The first-order chi connectivity index (χ1) is 17.2. The molecule has 1 N–H and O–H groups in total. The van der Waals surface area contributed by atoms with E-state index in [0.717, 1.165) is 47.7 Å². The number of rotatable bonds is 8. The van der Waals surface area contributed by atoms with Crippen LogP contribution in [0.25, 0.3) is 17.0 Å². The fourth-order valence-corrected chi connectivity index (χ4v) is 4.21. The average molecular weight is 465 g/mol. The Morgan fingerprint density at radius 2 is 2.00 bits per heavy atom. The van der Waals surface area contributed by atoms with Crippen LogP contribution in [0.4, 0.5) is 0 Å². The Labute approximate surface area is 208 Å². The summed E-state index contributed by atoms with van der Waals surface area (Å²) in [6.45, 7) is 7.33. The topological polar surface area (TPSA) is 49.5 Å². The van der Waals surface area contributed by atoms with E-state index in [1.165, 1.54) is 16.7 Å². The largest absolute Gasteiger partial charge is 0.392 e. The van der Waals surface area contributed by atoms with Crippen LogP contribution in [0.2, 0.25) is 0 Å². The lowest BCUT2D eigenvalue weighted by atomic mass is 10.0. The SMILES string of the molecule is C=C/C=C1/C=CC=C/C(=C2\C=C(c3cc(-c4ccccc4)no3)N(C/C=C(/CO)C/C=C\C)C2)C1. The molecule has 0 amide bonds. The van der Waals surface area contributed by atoms with Crippen molar-refractivity contribution in [1.29, 1.82) is 0 Å². The molecule has 0 unspecified atom stereocenters. The van der Waals surface area contributed by atoms with Gasteiger partial charge in [-0.3, -0.25) is 0 Å². The summed E-state index contributed by atoms with van der Waals surface area (Å²) in [6.07, 6.45) is 22.4. The second kappa shape index (κ2) is 12.0. The minimum Gasteiger partial charge on any atom is -0.392 e. The monoisotopic (exact) mass is 464 g/mol. The molecule has 0 spiro atoms. The number of benzene rings is 1. The summed E-state index contributed by atoms with van der Waals surface area (Å²) in [5, 5.41) is 14.1. The quantitative estimate of drug-likeness (QED) is 0.436. The number of nitrogens with zero attached hydrogens (tertiary/aromatic N) is 2. The van der Waals surface area contributed by atoms with Gasteiger partial charge in [0.05, 0.1) is 12.3 Å². The van der Waals surface area contributed by atoms with E-state index in [4.69, 9.17) is 4.52 Å². The zero-order chi connectivity index (χ0) is 24.5. The van der Waals surface area contributed by atoms with E-state index in [1.54, 1.807) is 0 Å². The molecule has 35 heavy (non-hydrogen) atoms. The van der Waals surface area contributed by atoms with Crippen LogP contribution >= 0.6 is 0 Å². The van der Waals surface area contributed by atoms with Gasteiger partial charge < -0.3 is 14.5 Å². The van der Waals surface area contributed by atoms with Crippen molar-refractivity contribution in [3.63, 3.8) is 0 Å². The minimum absolute atomic E-state index is 0.0513. The van der Waals surface area contributed by atoms with Gasteiger partial charge in [-0.2, -0.15) is 0 Å². The lowest BCUT2D eigenvalue weighted by molar-refractivity contribution is 0.327. The molecule has 0 saturated carbocycles. The highest BCUT2D eigenvalue weighted by atomic mass is 16.5. The molecule has 2 aliphatic rings. The van der Waals surface area contributed by atoms with E-state index in [2.05, 4.69) is 65.2 Å². The van der Waals surface area contributed by atoms with E-state index in [1.807, 2.05) is 55.5 Å². The van der Waals surface area contributed by atoms with Gasteiger partial charge in [0.2, 0.25) is 0 Å². The van der Waals surface area contributed by atoms with Crippen molar-refractivity contribution in [1.82, 2.24) is 10.1 Å². The number of allylic oxidation sites excluding steroid dienone is 10. The maximum atomic E-state index is 9.80. The summed E-state index contributed by atoms with van der Waals surface area (Å²) in [6, 6.07) is 12.1. The van der Waals surface area contributed by atoms with Crippen LogP contribution in [0, 0.1) is 0 Å². The Morgan fingerprint density at radius 3 is 2.77 bits per heavy atom. The molecule has 1 aromatic carbocycles. The zero-order valence-electron chi connectivity index (χ0n) is 20.2. The third kappa shape index (κ3) is 6.17. The van der Waals surface area contributed by atoms with Crippen molar-refractivity contribution in [2.75, 3.05) is 19.7 Å². The molecule has 4 heteroatoms. The molecular weight excluding hydrogens is 432 g/mol. The molecule has 0 atom stereocenters. The van der Waals surface area contributed by atoms with Crippen molar-refractivity contribution >= 4 is 5.70 Å². The van der Waals surface area contributed by atoms with Gasteiger partial charge in [0.1, 0.15) is 5.69 Å². The highest BCUT2D eigenvalue weighted by Gasteiger charge is 2.25. The summed E-state index contributed by atoms with van der Waals surface area (Å²) < 4.78 is 5.83. The van der Waals surface area contributed by atoms with Crippen molar-refractivity contribution in [3.05, 3.63) is 132 Å². The second-order valence-corrected chi connectivity index (χ2v) is 8.57. The van der Waals surface area contributed by atoms with Gasteiger partial charge in [-0.15, -0.1) is 0 Å². The normalized spacial score (nSPS) is 19.6. The first kappa shape index (κ1) is 24.2. The van der Waals surface area contributed by atoms with Gasteiger partial charge in [-0.1, -0.05) is 96.8 Å². The Morgan fingerprint density at radius 1 is 1.17 bits per heavy atom. The van der Waals surface area contributed by atoms with Crippen LogP contribution < -0.4 is 0 Å². The van der Waals surface area contributed by atoms with Crippen LogP contribution in [0.3, 0.4) is 0 Å². The second-order valence-electron chi connectivity index (χ2n) is 8.57. The van der Waals surface area contributed by atoms with Crippen LogP contribution in [-0.2, 0) is 0 Å². The fourth-order valence-electron chi connectivity index (χ4n) is 4.21. The van der Waals surface area contributed by atoms with Gasteiger partial charge in [0.15, 0.2) is 5.76 Å². The molecule has 1 aliphatic heterocycles. The van der Waals surface area contributed by atoms with E-state index in [-0.39, 0.29) is 6.61 Å². The number of aliphatic hydroxyl groups is 1. The molecule has 0 saturated heterocycles. The third-order valence-corrected chi connectivity index (χ3v) is 6.12. The molecule has 0 fully saturated rings. The Kier molecular flexibility index (Phi) is 8.31. The van der Waals surface area contributed by atoms with Gasteiger partial charge in [0, 0.05) is 24.7 Å². The maximum absolute atomic E-state index is 9.80. The van der Waals surface area contributed by atoms with Crippen LogP contribution in [0.5, 0.6) is 0 Å². The van der Waals surface area contributed by atoms with Gasteiger partial charge in [-0.25, -0.2) is 0 Å². The van der Waals surface area contributed by atoms with Crippen molar-refractivity contribution in [2.45, 2.75) is 19.8 Å². The Bertz CT molecular complexity index is 1250. The predicted molar refractivity (Wildman–Crippen MR) is 144 cm³/mol. The zero-order valence-corrected chi connectivity index (χ0v) is 20.2. The van der Waals surface area contributed by atoms with Crippen LogP contribution in [0.1, 0.15) is 25.5 Å². The van der Waals surface area contributed by atoms with E-state index < -0.39 is 0 Å². The molecule has 0 bridgehead atoms. The molecular formula is C31H32N2O2. The average Bonchev–Trinajstić information content (AvgIpc) is 3.48. The summed E-state index contributed by atoms with van der Waals surface area (Å²) in [7, 11) is 0. The predicted octanol–water partition coefficient (Wildman–Crippen LogP) is 6.81. The van der Waals surface area contributed by atoms with Crippen LogP contribution in [0.15, 0.2) is 131 Å². The summed E-state index contributed by atoms with van der Waals surface area (Å²) in [5.74, 6) is 0.740. The van der Waals surface area contributed by atoms with Gasteiger partial charge >= 0.3 is 0 Å². The maximum Gasteiger partial charge on any atom is 0.183 e. The van der Waals surface area contributed by atoms with Crippen LogP contribution in [-0.4, -0.2) is 34.9 Å². The number of aromatic nitrogens is 1. The Balaban J connectivity index is 1.69. The van der Waals surface area contributed by atoms with Crippen molar-refractivity contribution in [3.8, 4) is 11.3 Å². The first-order valence-electron chi connectivity index (χ1n) is 12.0. The molecule has 4 rings (SSSR count).